The molecule has 0 bridgehead atoms. The number of methoxy groups -OCH3 is 1. The molecule has 0 aromatic heterocycles. The summed E-state index contributed by atoms with van der Waals surface area (Å²) in [4.78, 5) is 43.3. The fourth-order valence-electron chi connectivity index (χ4n) is 1.16. The van der Waals surface area contributed by atoms with E-state index in [1.165, 1.54) is 7.11 Å². The van der Waals surface area contributed by atoms with Gasteiger partial charge in [0.1, 0.15) is 6.54 Å². The normalized spacial score (nSPS) is 9.53. The molecular weight excluding hydrogens is 256 g/mol. The van der Waals surface area contributed by atoms with Gasteiger partial charge in [-0.2, -0.15) is 0 Å². The summed E-state index contributed by atoms with van der Waals surface area (Å²) < 4.78 is 4.44. The average molecular weight is 274 g/mol. The van der Waals surface area contributed by atoms with Gasteiger partial charge >= 0.3 is 11.9 Å². The number of carbonyl (C=O) groups excluding carboxylic acids is 3. The molecule has 0 rings (SSSR count). The number of hydrogen-bond acceptors (Lipinski definition) is 5. The molecule has 0 atom stereocenters. The highest BCUT2D eigenvalue weighted by atomic mass is 16.5. The number of aliphatic carboxylic acids is 1. The molecule has 0 aromatic rings. The van der Waals surface area contributed by atoms with Crippen LogP contribution in [0.25, 0.3) is 0 Å². The largest absolute Gasteiger partial charge is 0.480 e. The Labute approximate surface area is 110 Å². The predicted octanol–water partition coefficient (Wildman–Crippen LogP) is -0.963. The Bertz CT molecular complexity index is 342. The summed E-state index contributed by atoms with van der Waals surface area (Å²) in [6.07, 6.45) is 1.50. The van der Waals surface area contributed by atoms with E-state index >= 15 is 0 Å². The number of esters is 1. The second kappa shape index (κ2) is 9.86. The first-order valence-corrected chi connectivity index (χ1v) is 5.77. The Hall–Kier alpha value is -2.12. The molecule has 3 N–H and O–H groups in total. The third-order valence-electron chi connectivity index (χ3n) is 2.15. The Kier molecular flexibility index (Phi) is 8.76. The first kappa shape index (κ1) is 16.9. The predicted molar refractivity (Wildman–Crippen MR) is 64.1 cm³/mol. The van der Waals surface area contributed by atoms with E-state index in [0.717, 1.165) is 0 Å². The Balaban J connectivity index is 3.56. The Morgan fingerprint density at radius 3 is 2.11 bits per heavy atom. The molecule has 0 aliphatic heterocycles. The van der Waals surface area contributed by atoms with Crippen LogP contribution in [0.2, 0.25) is 0 Å². The van der Waals surface area contributed by atoms with Crippen molar-refractivity contribution in [3.8, 4) is 0 Å². The molecule has 108 valence electrons. The van der Waals surface area contributed by atoms with E-state index < -0.39 is 18.4 Å². The number of carbonyl (C=O) groups is 4. The smallest absolute Gasteiger partial charge is 0.322 e. The quantitative estimate of drug-likeness (QED) is 0.367. The summed E-state index contributed by atoms with van der Waals surface area (Å²) in [6, 6.07) is 0. The van der Waals surface area contributed by atoms with Crippen LogP contribution in [0.15, 0.2) is 0 Å². The summed E-state index contributed by atoms with van der Waals surface area (Å²) in [6.45, 7) is -0.739. The number of rotatable bonds is 9. The first-order chi connectivity index (χ1) is 8.95. The van der Waals surface area contributed by atoms with Gasteiger partial charge in [0.25, 0.3) is 0 Å². The zero-order chi connectivity index (χ0) is 14.7. The van der Waals surface area contributed by atoms with Crippen molar-refractivity contribution in [3.63, 3.8) is 0 Å². The lowest BCUT2D eigenvalue weighted by molar-refractivity contribution is -0.141. The van der Waals surface area contributed by atoms with Gasteiger partial charge in [0.05, 0.1) is 13.7 Å². The van der Waals surface area contributed by atoms with Gasteiger partial charge in [-0.25, -0.2) is 0 Å². The molecular formula is C11H18N2O6. The number of ether oxygens (including phenoxy) is 1. The van der Waals surface area contributed by atoms with E-state index in [9.17, 15) is 19.2 Å². The van der Waals surface area contributed by atoms with Crippen molar-refractivity contribution in [1.82, 2.24) is 10.6 Å². The number of amides is 2. The van der Waals surface area contributed by atoms with Gasteiger partial charge in [-0.15, -0.1) is 0 Å². The second-order valence-corrected chi connectivity index (χ2v) is 3.73. The van der Waals surface area contributed by atoms with Crippen LogP contribution >= 0.6 is 0 Å². The molecule has 0 aliphatic rings. The molecule has 0 unspecified atom stereocenters. The molecule has 8 heteroatoms. The molecule has 0 spiro atoms. The minimum Gasteiger partial charge on any atom is -0.480 e. The SMILES string of the molecule is COC(=O)CCCCC(=O)NCC(=O)NCC(=O)O. The third kappa shape index (κ3) is 10.7. The van der Waals surface area contributed by atoms with E-state index in [2.05, 4.69) is 15.4 Å². The molecule has 0 heterocycles. The zero-order valence-corrected chi connectivity index (χ0v) is 10.7. The van der Waals surface area contributed by atoms with Crippen LogP contribution < -0.4 is 10.6 Å². The van der Waals surface area contributed by atoms with E-state index in [0.29, 0.717) is 12.8 Å². The molecule has 0 saturated heterocycles. The molecule has 19 heavy (non-hydrogen) atoms. The zero-order valence-electron chi connectivity index (χ0n) is 10.7. The van der Waals surface area contributed by atoms with Crippen LogP contribution in [-0.2, 0) is 23.9 Å². The van der Waals surface area contributed by atoms with Gasteiger partial charge in [0, 0.05) is 12.8 Å². The molecule has 2 amide bonds. The van der Waals surface area contributed by atoms with Crippen molar-refractivity contribution in [1.29, 1.82) is 0 Å². The lowest BCUT2D eigenvalue weighted by Gasteiger charge is -2.05. The molecule has 0 radical (unpaired) electrons. The number of unbranched alkanes of at least 4 members (excludes halogenated alkanes) is 1. The molecule has 0 aliphatic carbocycles. The van der Waals surface area contributed by atoms with Gasteiger partial charge in [0.15, 0.2) is 0 Å². The summed E-state index contributed by atoms with van der Waals surface area (Å²) >= 11 is 0. The van der Waals surface area contributed by atoms with Crippen molar-refractivity contribution in [2.45, 2.75) is 25.7 Å². The Morgan fingerprint density at radius 1 is 0.947 bits per heavy atom. The molecule has 0 aromatic carbocycles. The maximum atomic E-state index is 11.3. The fraction of sp³-hybridized carbons (Fsp3) is 0.636. The van der Waals surface area contributed by atoms with Crippen molar-refractivity contribution >= 4 is 23.8 Å². The molecule has 0 saturated carbocycles. The van der Waals surface area contributed by atoms with Crippen LogP contribution in [0.4, 0.5) is 0 Å². The lowest BCUT2D eigenvalue weighted by Crippen LogP contribution is -2.38. The van der Waals surface area contributed by atoms with Crippen molar-refractivity contribution in [2.24, 2.45) is 0 Å². The highest BCUT2D eigenvalue weighted by Crippen LogP contribution is 2.00. The van der Waals surface area contributed by atoms with Gasteiger partial charge in [-0.3, -0.25) is 19.2 Å². The van der Waals surface area contributed by atoms with Crippen molar-refractivity contribution < 1.29 is 29.0 Å². The monoisotopic (exact) mass is 274 g/mol. The van der Waals surface area contributed by atoms with E-state index in [1.807, 2.05) is 0 Å². The lowest BCUT2D eigenvalue weighted by atomic mass is 10.2. The molecule has 0 fully saturated rings. The summed E-state index contributed by atoms with van der Waals surface area (Å²) in [7, 11) is 1.30. The molecule has 8 nitrogen and oxygen atoms in total. The van der Waals surface area contributed by atoms with E-state index in [4.69, 9.17) is 5.11 Å². The standard InChI is InChI=1S/C11H18N2O6/c1-19-11(18)5-3-2-4-8(14)12-6-9(15)13-7-10(16)17/h2-7H2,1H3,(H,12,14)(H,13,15)(H,16,17). The fourth-order valence-corrected chi connectivity index (χ4v) is 1.16. The van der Waals surface area contributed by atoms with Gasteiger partial charge in [0.2, 0.25) is 11.8 Å². The van der Waals surface area contributed by atoms with Crippen molar-refractivity contribution in [3.05, 3.63) is 0 Å². The van der Waals surface area contributed by atoms with Crippen molar-refractivity contribution in [2.75, 3.05) is 20.2 Å². The van der Waals surface area contributed by atoms with Crippen LogP contribution in [0.5, 0.6) is 0 Å². The number of hydrogen-bond donors (Lipinski definition) is 3. The average Bonchev–Trinajstić information content (AvgIpc) is 2.38. The highest BCUT2D eigenvalue weighted by Gasteiger charge is 2.07. The van der Waals surface area contributed by atoms with Gasteiger partial charge < -0.3 is 20.5 Å². The Morgan fingerprint density at radius 2 is 1.53 bits per heavy atom. The number of carboxylic acids is 1. The van der Waals surface area contributed by atoms with Crippen LogP contribution in [0.1, 0.15) is 25.7 Å². The summed E-state index contributed by atoms with van der Waals surface area (Å²) in [5.74, 6) is -2.36. The number of nitrogens with one attached hydrogen (secondary N) is 2. The highest BCUT2D eigenvalue weighted by molar-refractivity contribution is 5.86. The van der Waals surface area contributed by atoms with E-state index in [-0.39, 0.29) is 31.3 Å². The first-order valence-electron chi connectivity index (χ1n) is 5.77. The topological polar surface area (TPSA) is 122 Å². The maximum Gasteiger partial charge on any atom is 0.322 e. The number of carboxylic acid groups (broad SMARTS) is 1. The summed E-state index contributed by atoms with van der Waals surface area (Å²) in [5, 5.41) is 12.8. The minimum atomic E-state index is -1.15. The van der Waals surface area contributed by atoms with Gasteiger partial charge in [-0.1, -0.05) is 0 Å². The maximum absolute atomic E-state index is 11.3. The third-order valence-corrected chi connectivity index (χ3v) is 2.15. The van der Waals surface area contributed by atoms with Crippen LogP contribution in [0, 0.1) is 0 Å². The minimum absolute atomic E-state index is 0.198. The van der Waals surface area contributed by atoms with E-state index in [1.54, 1.807) is 0 Å². The van der Waals surface area contributed by atoms with Gasteiger partial charge in [-0.05, 0) is 12.8 Å². The summed E-state index contributed by atoms with van der Waals surface area (Å²) in [5.41, 5.74) is 0. The second-order valence-electron chi connectivity index (χ2n) is 3.73. The van der Waals surface area contributed by atoms with Crippen LogP contribution in [0.3, 0.4) is 0 Å². The van der Waals surface area contributed by atoms with Crippen LogP contribution in [-0.4, -0.2) is 49.1 Å².